The van der Waals surface area contributed by atoms with Crippen LogP contribution < -0.4 is 5.32 Å². The quantitative estimate of drug-likeness (QED) is 0.600. The van der Waals surface area contributed by atoms with Gasteiger partial charge in [-0.15, -0.1) is 0 Å². The Morgan fingerprint density at radius 1 is 1.45 bits per heavy atom. The lowest BCUT2D eigenvalue weighted by Crippen LogP contribution is -2.31. The molecule has 0 heterocycles. The van der Waals surface area contributed by atoms with Crippen molar-refractivity contribution >= 4 is 28.5 Å². The molecule has 0 saturated heterocycles. The number of hydrogen-bond donors (Lipinski definition) is 1. The second-order valence-electron chi connectivity index (χ2n) is 2.49. The molecule has 1 N–H and O–H groups in total. The highest BCUT2D eigenvalue weighted by Crippen LogP contribution is 2.06. The van der Waals surface area contributed by atoms with Gasteiger partial charge in [-0.25, -0.2) is 0 Å². The highest BCUT2D eigenvalue weighted by atomic mass is 127. The molecular formula is C8H16INO. The molecule has 0 aromatic rings. The van der Waals surface area contributed by atoms with Crippen molar-refractivity contribution in [2.24, 2.45) is 5.92 Å². The van der Waals surface area contributed by atoms with Gasteiger partial charge in [-0.1, -0.05) is 36.4 Å². The minimum Gasteiger partial charge on any atom is -0.355 e. The van der Waals surface area contributed by atoms with Gasteiger partial charge in [-0.3, -0.25) is 4.79 Å². The van der Waals surface area contributed by atoms with Crippen LogP contribution in [0.3, 0.4) is 0 Å². The first kappa shape index (κ1) is 11.2. The molecule has 0 unspecified atom stereocenters. The van der Waals surface area contributed by atoms with Crippen LogP contribution in [0.2, 0.25) is 0 Å². The molecule has 0 radical (unpaired) electrons. The predicted octanol–water partition coefficient (Wildman–Crippen LogP) is 1.97. The van der Waals surface area contributed by atoms with E-state index in [0.29, 0.717) is 0 Å². The lowest BCUT2D eigenvalue weighted by Gasteiger charge is -2.11. The Labute approximate surface area is 82.3 Å². The van der Waals surface area contributed by atoms with Crippen molar-refractivity contribution in [1.82, 2.24) is 5.32 Å². The van der Waals surface area contributed by atoms with E-state index in [9.17, 15) is 4.79 Å². The molecule has 0 atom stereocenters. The van der Waals surface area contributed by atoms with Crippen molar-refractivity contribution in [3.63, 3.8) is 0 Å². The standard InChI is InChI=1S/C8H16INO/c1-3-7(4-2)8(11)10-6-5-9/h7H,3-6H2,1-2H3,(H,10,11). The van der Waals surface area contributed by atoms with E-state index in [1.54, 1.807) is 0 Å². The number of carbonyl (C=O) groups is 1. The normalized spacial score (nSPS) is 10.2. The lowest BCUT2D eigenvalue weighted by molar-refractivity contribution is -0.125. The number of carbonyl (C=O) groups excluding carboxylic acids is 1. The third kappa shape index (κ3) is 4.61. The van der Waals surface area contributed by atoms with Crippen molar-refractivity contribution in [1.29, 1.82) is 0 Å². The van der Waals surface area contributed by atoms with Gasteiger partial charge in [-0.05, 0) is 12.8 Å². The average molecular weight is 269 g/mol. The van der Waals surface area contributed by atoms with E-state index in [1.807, 2.05) is 0 Å². The molecule has 0 aliphatic rings. The molecule has 1 amide bonds. The van der Waals surface area contributed by atoms with E-state index < -0.39 is 0 Å². The highest BCUT2D eigenvalue weighted by molar-refractivity contribution is 14.1. The molecule has 0 aliphatic carbocycles. The number of hydrogen-bond acceptors (Lipinski definition) is 1. The second kappa shape index (κ2) is 6.88. The topological polar surface area (TPSA) is 29.1 Å². The Morgan fingerprint density at radius 2 is 2.00 bits per heavy atom. The zero-order valence-corrected chi connectivity index (χ0v) is 9.35. The van der Waals surface area contributed by atoms with Gasteiger partial charge in [0.05, 0.1) is 0 Å². The van der Waals surface area contributed by atoms with E-state index in [1.165, 1.54) is 0 Å². The van der Waals surface area contributed by atoms with Gasteiger partial charge in [0.1, 0.15) is 0 Å². The summed E-state index contributed by atoms with van der Waals surface area (Å²) in [6, 6.07) is 0. The summed E-state index contributed by atoms with van der Waals surface area (Å²) in [6.45, 7) is 4.91. The fraction of sp³-hybridized carbons (Fsp3) is 0.875. The van der Waals surface area contributed by atoms with Gasteiger partial charge in [0.15, 0.2) is 0 Å². The van der Waals surface area contributed by atoms with Crippen LogP contribution in [-0.4, -0.2) is 16.9 Å². The van der Waals surface area contributed by atoms with Crippen LogP contribution in [0.15, 0.2) is 0 Å². The van der Waals surface area contributed by atoms with E-state index in [-0.39, 0.29) is 11.8 Å². The van der Waals surface area contributed by atoms with E-state index in [2.05, 4.69) is 41.8 Å². The molecule has 11 heavy (non-hydrogen) atoms. The van der Waals surface area contributed by atoms with Crippen LogP contribution >= 0.6 is 22.6 Å². The lowest BCUT2D eigenvalue weighted by atomic mass is 10.0. The second-order valence-corrected chi connectivity index (χ2v) is 3.57. The summed E-state index contributed by atoms with van der Waals surface area (Å²) in [7, 11) is 0. The largest absolute Gasteiger partial charge is 0.355 e. The first-order valence-electron chi connectivity index (χ1n) is 4.09. The Morgan fingerprint density at radius 3 is 2.36 bits per heavy atom. The van der Waals surface area contributed by atoms with Crippen molar-refractivity contribution in [3.05, 3.63) is 0 Å². The summed E-state index contributed by atoms with van der Waals surface area (Å²) < 4.78 is 0.990. The molecule has 0 aliphatic heterocycles. The Hall–Kier alpha value is 0.200. The SMILES string of the molecule is CCC(CC)C(=O)NCCI. The predicted molar refractivity (Wildman–Crippen MR) is 56.0 cm³/mol. The zero-order valence-electron chi connectivity index (χ0n) is 7.19. The van der Waals surface area contributed by atoms with Crippen LogP contribution in [0.25, 0.3) is 0 Å². The van der Waals surface area contributed by atoms with Gasteiger partial charge in [-0.2, -0.15) is 0 Å². The maximum absolute atomic E-state index is 11.2. The fourth-order valence-corrected chi connectivity index (χ4v) is 1.24. The molecule has 2 nitrogen and oxygen atoms in total. The third-order valence-corrected chi connectivity index (χ3v) is 2.29. The molecule has 0 rings (SSSR count). The van der Waals surface area contributed by atoms with Crippen LogP contribution in [-0.2, 0) is 4.79 Å². The molecular weight excluding hydrogens is 253 g/mol. The number of halogens is 1. The summed E-state index contributed by atoms with van der Waals surface area (Å²) >= 11 is 2.25. The van der Waals surface area contributed by atoms with E-state index >= 15 is 0 Å². The van der Waals surface area contributed by atoms with Crippen LogP contribution in [0, 0.1) is 5.92 Å². The Bertz CT molecular complexity index is 113. The van der Waals surface area contributed by atoms with Crippen molar-refractivity contribution in [3.8, 4) is 0 Å². The maximum Gasteiger partial charge on any atom is 0.223 e. The van der Waals surface area contributed by atoms with E-state index in [4.69, 9.17) is 0 Å². The molecule has 3 heteroatoms. The van der Waals surface area contributed by atoms with Crippen LogP contribution in [0.1, 0.15) is 26.7 Å². The first-order valence-corrected chi connectivity index (χ1v) is 5.62. The van der Waals surface area contributed by atoms with Gasteiger partial charge >= 0.3 is 0 Å². The minimum atomic E-state index is 0.215. The molecule has 0 aromatic carbocycles. The highest BCUT2D eigenvalue weighted by Gasteiger charge is 2.12. The number of rotatable bonds is 5. The molecule has 0 bridgehead atoms. The molecule has 0 fully saturated rings. The first-order chi connectivity index (χ1) is 5.26. The van der Waals surface area contributed by atoms with Gasteiger partial charge in [0.25, 0.3) is 0 Å². The van der Waals surface area contributed by atoms with Crippen LogP contribution in [0.5, 0.6) is 0 Å². The Kier molecular flexibility index (Phi) is 7.01. The third-order valence-electron chi connectivity index (χ3n) is 1.75. The van der Waals surface area contributed by atoms with Gasteiger partial charge < -0.3 is 5.32 Å². The van der Waals surface area contributed by atoms with Crippen molar-refractivity contribution in [2.75, 3.05) is 11.0 Å². The summed E-state index contributed by atoms with van der Waals surface area (Å²) in [5.74, 6) is 0.435. The molecule has 66 valence electrons. The van der Waals surface area contributed by atoms with Crippen molar-refractivity contribution in [2.45, 2.75) is 26.7 Å². The van der Waals surface area contributed by atoms with Crippen LogP contribution in [0.4, 0.5) is 0 Å². The van der Waals surface area contributed by atoms with Crippen molar-refractivity contribution < 1.29 is 4.79 Å². The molecule has 0 saturated carbocycles. The van der Waals surface area contributed by atoms with Gasteiger partial charge in [0.2, 0.25) is 5.91 Å². The average Bonchev–Trinajstić information content (AvgIpc) is 2.03. The Balaban J connectivity index is 3.61. The van der Waals surface area contributed by atoms with E-state index in [0.717, 1.165) is 23.8 Å². The monoisotopic (exact) mass is 269 g/mol. The fourth-order valence-electron chi connectivity index (χ4n) is 0.974. The summed E-state index contributed by atoms with van der Waals surface area (Å²) in [6.07, 6.45) is 1.90. The molecule has 0 aromatic heterocycles. The molecule has 0 spiro atoms. The summed E-state index contributed by atoms with van der Waals surface area (Å²) in [5, 5.41) is 2.89. The smallest absolute Gasteiger partial charge is 0.223 e. The zero-order chi connectivity index (χ0) is 8.69. The summed E-state index contributed by atoms with van der Waals surface area (Å²) in [4.78, 5) is 11.2. The summed E-state index contributed by atoms with van der Waals surface area (Å²) in [5.41, 5.74) is 0. The number of nitrogens with one attached hydrogen (secondary N) is 1. The minimum absolute atomic E-state index is 0.215. The van der Waals surface area contributed by atoms with Gasteiger partial charge in [0, 0.05) is 16.9 Å². The number of amides is 1. The number of alkyl halides is 1. The maximum atomic E-state index is 11.2.